The van der Waals surface area contributed by atoms with Crippen molar-refractivity contribution in [2.75, 3.05) is 12.4 Å². The Morgan fingerprint density at radius 2 is 1.63 bits per heavy atom. The second kappa shape index (κ2) is 10.5. The molecule has 194 valence electrons. The number of rotatable bonds is 7. The Kier molecular flexibility index (Phi) is 7.10. The number of methoxy groups -OCH3 is 1. The minimum absolute atomic E-state index is 0.00378. The number of carbonyl (C=O) groups excluding carboxylic acids is 1. The molecule has 0 bridgehead atoms. The molecule has 5 aromatic rings. The van der Waals surface area contributed by atoms with Crippen molar-refractivity contribution in [1.82, 2.24) is 24.5 Å². The van der Waals surface area contributed by atoms with Crippen molar-refractivity contribution in [1.29, 1.82) is 0 Å². The molecule has 10 heteroatoms. The monoisotopic (exact) mass is 548 g/mol. The highest BCUT2D eigenvalue weighted by atomic mass is 35.5. The van der Waals surface area contributed by atoms with Gasteiger partial charge in [-0.25, -0.2) is 9.67 Å². The fourth-order valence-corrected chi connectivity index (χ4v) is 5.10. The molecule has 0 aliphatic rings. The predicted molar refractivity (Wildman–Crippen MR) is 150 cm³/mol. The van der Waals surface area contributed by atoms with E-state index in [-0.39, 0.29) is 12.5 Å². The predicted octanol–water partition coefficient (Wildman–Crippen LogP) is 6.22. The molecule has 3 aromatic heterocycles. The van der Waals surface area contributed by atoms with Gasteiger partial charge in [-0.15, -0.1) is 0 Å². The van der Waals surface area contributed by atoms with Gasteiger partial charge in [-0.05, 0) is 62.2 Å². The lowest BCUT2D eigenvalue weighted by Gasteiger charge is -2.10. The van der Waals surface area contributed by atoms with E-state index in [1.165, 1.54) is 0 Å². The largest absolute Gasteiger partial charge is 0.497 e. The van der Waals surface area contributed by atoms with Gasteiger partial charge in [0.05, 0.1) is 36.4 Å². The molecular formula is C28H26Cl2N6O2. The summed E-state index contributed by atoms with van der Waals surface area (Å²) in [5.41, 5.74) is 6.37. The minimum Gasteiger partial charge on any atom is -0.497 e. The van der Waals surface area contributed by atoms with Gasteiger partial charge >= 0.3 is 0 Å². The number of pyridine rings is 1. The molecule has 0 saturated carbocycles. The Morgan fingerprint density at radius 3 is 2.32 bits per heavy atom. The summed E-state index contributed by atoms with van der Waals surface area (Å²) in [6.07, 6.45) is 1.73. The summed E-state index contributed by atoms with van der Waals surface area (Å²) in [4.78, 5) is 17.7. The van der Waals surface area contributed by atoms with Crippen LogP contribution < -0.4 is 10.1 Å². The van der Waals surface area contributed by atoms with Crippen LogP contribution in [0.15, 0.2) is 54.7 Å². The summed E-state index contributed by atoms with van der Waals surface area (Å²) < 4.78 is 8.70. The maximum Gasteiger partial charge on any atom is 0.246 e. The van der Waals surface area contributed by atoms with E-state index in [1.807, 2.05) is 51.1 Å². The maximum absolute atomic E-state index is 13.1. The smallest absolute Gasteiger partial charge is 0.246 e. The molecule has 0 fully saturated rings. The quantitative estimate of drug-likeness (QED) is 0.260. The summed E-state index contributed by atoms with van der Waals surface area (Å²) in [5, 5.41) is 14.3. The summed E-state index contributed by atoms with van der Waals surface area (Å²) in [7, 11) is 1.64. The average molecular weight is 549 g/mol. The van der Waals surface area contributed by atoms with Gasteiger partial charge in [0, 0.05) is 27.2 Å². The second-order valence-electron chi connectivity index (χ2n) is 8.98. The van der Waals surface area contributed by atoms with Crippen molar-refractivity contribution >= 4 is 45.8 Å². The Bertz CT molecular complexity index is 1640. The zero-order valence-electron chi connectivity index (χ0n) is 21.4. The number of nitrogens with one attached hydrogen (secondary N) is 1. The number of ether oxygens (including phenoxy) is 1. The molecule has 1 amide bonds. The summed E-state index contributed by atoms with van der Waals surface area (Å²) >= 11 is 12.7. The summed E-state index contributed by atoms with van der Waals surface area (Å²) in [5.74, 6) is 0.555. The number of fused-ring (bicyclic) bond motifs is 1. The Hall–Kier alpha value is -3.88. The number of hydrogen-bond acceptors (Lipinski definition) is 5. The van der Waals surface area contributed by atoms with Gasteiger partial charge < -0.3 is 10.1 Å². The standard InChI is InChI=1S/C28H26Cl2N6O2/c1-16-26-21(19-8-10-20(38-4)11-9-19)12-13-31-28(26)36(33-16)15-25(37)32-27-17(2)34-35(18(27)3)14-22-23(29)6-5-7-24(22)30/h5-13H,14-15H2,1-4H3,(H,32,37). The highest BCUT2D eigenvalue weighted by molar-refractivity contribution is 6.36. The van der Waals surface area contributed by atoms with E-state index in [9.17, 15) is 4.79 Å². The maximum atomic E-state index is 13.1. The molecule has 0 unspecified atom stereocenters. The van der Waals surface area contributed by atoms with Gasteiger partial charge in [0.2, 0.25) is 5.91 Å². The number of aromatic nitrogens is 5. The first-order chi connectivity index (χ1) is 18.3. The number of amides is 1. The number of benzene rings is 2. The Labute approximate surface area is 230 Å². The lowest BCUT2D eigenvalue weighted by atomic mass is 10.0. The highest BCUT2D eigenvalue weighted by Crippen LogP contribution is 2.31. The number of nitrogens with zero attached hydrogens (tertiary/aromatic N) is 5. The Morgan fingerprint density at radius 1 is 0.947 bits per heavy atom. The first-order valence-electron chi connectivity index (χ1n) is 12.0. The van der Waals surface area contributed by atoms with E-state index in [4.69, 9.17) is 27.9 Å². The lowest BCUT2D eigenvalue weighted by Crippen LogP contribution is -2.20. The molecule has 0 atom stereocenters. The van der Waals surface area contributed by atoms with Gasteiger partial charge in [0.15, 0.2) is 5.65 Å². The van der Waals surface area contributed by atoms with Crippen LogP contribution in [0.1, 0.15) is 22.6 Å². The third-order valence-electron chi connectivity index (χ3n) is 6.52. The zero-order valence-corrected chi connectivity index (χ0v) is 22.9. The molecule has 1 N–H and O–H groups in total. The summed E-state index contributed by atoms with van der Waals surface area (Å²) in [6, 6.07) is 15.2. The van der Waals surface area contributed by atoms with Crippen LogP contribution in [-0.2, 0) is 17.9 Å². The van der Waals surface area contributed by atoms with E-state index >= 15 is 0 Å². The number of carbonyl (C=O) groups is 1. The van der Waals surface area contributed by atoms with Crippen molar-refractivity contribution in [3.05, 3.63) is 87.4 Å². The van der Waals surface area contributed by atoms with Crippen LogP contribution in [0.25, 0.3) is 22.2 Å². The van der Waals surface area contributed by atoms with E-state index in [2.05, 4.69) is 20.5 Å². The van der Waals surface area contributed by atoms with Gasteiger partial charge in [-0.3, -0.25) is 9.48 Å². The fraction of sp³-hybridized carbons (Fsp3) is 0.214. The van der Waals surface area contributed by atoms with Crippen molar-refractivity contribution in [3.8, 4) is 16.9 Å². The molecule has 0 aliphatic carbocycles. The second-order valence-corrected chi connectivity index (χ2v) is 9.79. The normalized spacial score (nSPS) is 11.2. The molecule has 0 saturated heterocycles. The average Bonchev–Trinajstić information content (AvgIpc) is 3.36. The fourth-order valence-electron chi connectivity index (χ4n) is 4.58. The molecule has 0 spiro atoms. The van der Waals surface area contributed by atoms with Crippen LogP contribution in [0.4, 0.5) is 5.69 Å². The van der Waals surface area contributed by atoms with Crippen LogP contribution >= 0.6 is 23.2 Å². The van der Waals surface area contributed by atoms with Gasteiger partial charge in [-0.2, -0.15) is 10.2 Å². The third-order valence-corrected chi connectivity index (χ3v) is 7.23. The van der Waals surface area contributed by atoms with Crippen LogP contribution in [0.5, 0.6) is 5.75 Å². The first-order valence-corrected chi connectivity index (χ1v) is 12.8. The zero-order chi connectivity index (χ0) is 27.0. The SMILES string of the molecule is COc1ccc(-c2ccnc3c2c(C)nn3CC(=O)Nc2c(C)nn(Cc3c(Cl)cccc3Cl)c2C)cc1. The van der Waals surface area contributed by atoms with Gasteiger partial charge in [0.25, 0.3) is 0 Å². The van der Waals surface area contributed by atoms with Crippen LogP contribution in [0.3, 0.4) is 0 Å². The molecule has 5 rings (SSSR count). The van der Waals surface area contributed by atoms with E-state index < -0.39 is 0 Å². The number of anilines is 1. The van der Waals surface area contributed by atoms with Crippen LogP contribution in [0, 0.1) is 20.8 Å². The lowest BCUT2D eigenvalue weighted by molar-refractivity contribution is -0.116. The van der Waals surface area contributed by atoms with Crippen molar-refractivity contribution < 1.29 is 9.53 Å². The van der Waals surface area contributed by atoms with Gasteiger partial charge in [-0.1, -0.05) is 41.4 Å². The molecular weight excluding hydrogens is 523 g/mol. The Balaban J connectivity index is 1.39. The highest BCUT2D eigenvalue weighted by Gasteiger charge is 2.19. The van der Waals surface area contributed by atoms with E-state index in [0.29, 0.717) is 33.6 Å². The molecule has 2 aromatic carbocycles. The van der Waals surface area contributed by atoms with Crippen molar-refractivity contribution in [2.45, 2.75) is 33.9 Å². The number of halogens is 2. The number of hydrogen-bond donors (Lipinski definition) is 1. The van der Waals surface area contributed by atoms with Crippen LogP contribution in [-0.4, -0.2) is 37.6 Å². The van der Waals surface area contributed by atoms with Gasteiger partial charge in [0.1, 0.15) is 12.3 Å². The minimum atomic E-state index is -0.229. The summed E-state index contributed by atoms with van der Waals surface area (Å²) in [6.45, 7) is 6.06. The first kappa shape index (κ1) is 25.8. The van der Waals surface area contributed by atoms with E-state index in [0.717, 1.165) is 39.2 Å². The molecule has 38 heavy (non-hydrogen) atoms. The number of aryl methyl sites for hydroxylation is 2. The third kappa shape index (κ3) is 4.85. The van der Waals surface area contributed by atoms with Crippen LogP contribution in [0.2, 0.25) is 10.0 Å². The molecule has 3 heterocycles. The van der Waals surface area contributed by atoms with E-state index in [1.54, 1.807) is 40.9 Å². The molecule has 0 radical (unpaired) electrons. The van der Waals surface area contributed by atoms with Crippen molar-refractivity contribution in [3.63, 3.8) is 0 Å². The molecule has 0 aliphatic heterocycles. The topological polar surface area (TPSA) is 86.9 Å². The van der Waals surface area contributed by atoms with Crippen molar-refractivity contribution in [2.24, 2.45) is 0 Å². The molecule has 8 nitrogen and oxygen atoms in total.